The monoisotopic (exact) mass is 874 g/mol. The van der Waals surface area contributed by atoms with Gasteiger partial charge in [0.05, 0.1) is 18.4 Å². The lowest BCUT2D eigenvalue weighted by atomic mass is 9.61. The molecule has 326 valence electrons. The molecule has 3 aliphatic heterocycles. The number of nitrogens with two attached hydrogens (primary N) is 1. The molecule has 5 aliphatic rings. The van der Waals surface area contributed by atoms with Gasteiger partial charge in [-0.1, -0.05) is 39.3 Å². The normalized spacial score (nSPS) is 30.1. The first kappa shape index (κ1) is 43.5. The molecule has 8 rings (SSSR count). The summed E-state index contributed by atoms with van der Waals surface area (Å²) in [6.45, 7) is 3.57. The lowest BCUT2D eigenvalue weighted by Crippen LogP contribution is -2.72. The zero-order valence-corrected chi connectivity index (χ0v) is 36.3. The predicted octanol–water partition coefficient (Wildman–Crippen LogP) is 3.66. The van der Waals surface area contributed by atoms with Crippen molar-refractivity contribution in [3.63, 3.8) is 0 Å². The number of aliphatic hydroxyl groups excluding tert-OH is 3. The molecule has 2 aliphatic carbocycles. The van der Waals surface area contributed by atoms with E-state index in [9.17, 15) is 34.5 Å². The van der Waals surface area contributed by atoms with Crippen LogP contribution in [0.25, 0.3) is 11.0 Å². The van der Waals surface area contributed by atoms with Gasteiger partial charge in [-0.3, -0.25) is 4.79 Å². The molecule has 16 heteroatoms. The number of allylic oxidation sites excluding steroid dienone is 1. The summed E-state index contributed by atoms with van der Waals surface area (Å²) < 4.78 is 19.8. The van der Waals surface area contributed by atoms with Crippen molar-refractivity contribution < 1.29 is 43.6 Å². The molecule has 1 aromatic carbocycles. The first-order chi connectivity index (χ1) is 29.4. The van der Waals surface area contributed by atoms with Crippen molar-refractivity contribution in [3.8, 4) is 5.75 Å². The van der Waals surface area contributed by atoms with E-state index in [2.05, 4.69) is 16.4 Å². The molecule has 2 fully saturated rings. The Morgan fingerprint density at radius 2 is 2.00 bits per heavy atom. The second kappa shape index (κ2) is 17.5. The summed E-state index contributed by atoms with van der Waals surface area (Å²) >= 11 is 0. The minimum Gasteiger partial charge on any atom is -0.481 e. The molecule has 2 aromatic heterocycles. The first-order valence-corrected chi connectivity index (χ1v) is 23.4. The van der Waals surface area contributed by atoms with Crippen molar-refractivity contribution in [2.75, 3.05) is 44.9 Å². The number of carbonyl (C=O) groups excluding carboxylic acids is 3. The number of amides is 1. The molecule has 9 unspecified atom stereocenters. The highest BCUT2D eigenvalue weighted by molar-refractivity contribution is 8.77. The quantitative estimate of drug-likeness (QED) is 0.0465. The third-order valence-electron chi connectivity index (χ3n) is 13.8. The van der Waals surface area contributed by atoms with Crippen molar-refractivity contribution in [2.45, 2.75) is 93.2 Å². The number of ether oxygens (including phenoxy) is 2. The molecule has 61 heavy (non-hydrogen) atoms. The van der Waals surface area contributed by atoms with Gasteiger partial charge in [-0.25, -0.2) is 14.6 Å². The van der Waals surface area contributed by atoms with Crippen LogP contribution in [0.5, 0.6) is 5.75 Å². The Labute approximate surface area is 362 Å². The highest BCUT2D eigenvalue weighted by atomic mass is 33.1. The molecule has 1 saturated heterocycles. The number of aromatic nitrogens is 1. The van der Waals surface area contributed by atoms with Crippen LogP contribution >= 0.6 is 21.6 Å². The average Bonchev–Trinajstić information content (AvgIpc) is 3.60. The van der Waals surface area contributed by atoms with E-state index in [-0.39, 0.29) is 98.7 Å². The van der Waals surface area contributed by atoms with Gasteiger partial charge in [0.15, 0.2) is 11.2 Å². The Balaban J connectivity index is 1.26. The van der Waals surface area contributed by atoms with Crippen molar-refractivity contribution >= 4 is 56.5 Å². The number of rotatable bonds is 11. The highest BCUT2D eigenvalue weighted by Crippen LogP contribution is 2.59. The zero-order chi connectivity index (χ0) is 43.2. The number of anilines is 1. The average molecular weight is 875 g/mol. The summed E-state index contributed by atoms with van der Waals surface area (Å²) in [5.74, 6) is -0.341. The van der Waals surface area contributed by atoms with Gasteiger partial charge in [-0.05, 0) is 81.0 Å². The van der Waals surface area contributed by atoms with Gasteiger partial charge in [0.1, 0.15) is 23.4 Å². The fourth-order valence-corrected chi connectivity index (χ4v) is 13.7. The third kappa shape index (κ3) is 7.71. The fraction of sp³-hybridized carbons (Fsp3) is 0.533. The summed E-state index contributed by atoms with van der Waals surface area (Å²) in [5.41, 5.74) is 7.49. The maximum absolute atomic E-state index is 14.5. The topological polar surface area (TPSA) is 215 Å². The van der Waals surface area contributed by atoms with Crippen LogP contribution in [0.3, 0.4) is 0 Å². The van der Waals surface area contributed by atoms with Gasteiger partial charge < -0.3 is 50.0 Å². The molecule has 0 radical (unpaired) electrons. The number of aliphatic hydroxyl groups is 3. The molecule has 5 heterocycles. The standard InChI is InChI=1S/C45H54N4O10S2/c1-4-25(7-10-51)43(56)59-44(2)8-5-26-23-60-61-36-14-31(22-53)40(47-3)33-20-49(41(33)36)38(54)15-30-19-48-37(46)16-32(30)39(26)45(44)18-29-13-27-12-28(11-24(21-52)6-9-50)42(55)57-34(27)17-35(29)58-45/h4-5,12-13,16-17,19,22,24,31,33,36,39-41,47,50-52H,6-11,14-15,18,20-21,23H2,1-3H3,(H2,46,48). The highest BCUT2D eigenvalue weighted by Gasteiger charge is 2.64. The van der Waals surface area contributed by atoms with E-state index in [1.807, 2.05) is 24.9 Å². The van der Waals surface area contributed by atoms with E-state index in [1.54, 1.807) is 59.0 Å². The van der Waals surface area contributed by atoms with Crippen molar-refractivity contribution in [1.29, 1.82) is 0 Å². The van der Waals surface area contributed by atoms with E-state index in [0.717, 1.165) is 23.0 Å². The summed E-state index contributed by atoms with van der Waals surface area (Å²) in [6.07, 6.45) is 8.34. The smallest absolute Gasteiger partial charge is 0.339 e. The Hall–Kier alpha value is -4.19. The number of pyridine rings is 1. The van der Waals surface area contributed by atoms with Crippen LogP contribution in [0, 0.1) is 17.8 Å². The van der Waals surface area contributed by atoms with Crippen LogP contribution in [-0.2, 0) is 38.4 Å². The lowest BCUT2D eigenvalue weighted by molar-refractivity contribution is -0.183. The number of fused-ring (bicyclic) bond motifs is 6. The molecular weight excluding hydrogens is 821 g/mol. The molecule has 1 spiro atoms. The van der Waals surface area contributed by atoms with Gasteiger partial charge in [0, 0.05) is 103 Å². The number of nitrogens with zero attached hydrogens (tertiary/aromatic N) is 2. The Morgan fingerprint density at radius 3 is 2.72 bits per heavy atom. The van der Waals surface area contributed by atoms with Crippen molar-refractivity contribution in [3.05, 3.63) is 86.4 Å². The number of benzene rings is 1. The molecule has 1 amide bonds. The SMILES string of the molecule is CC=C(CCO)C(=O)OC1(C)CC=C2CSSC3CC(C=O)C(NC)C4CN(C(=O)Cc5cnc(N)cc5C2C12Cc1cc5cc(CC(CO)CCO)c(=O)oc5cc1O2)C34. The van der Waals surface area contributed by atoms with Gasteiger partial charge >= 0.3 is 11.6 Å². The van der Waals surface area contributed by atoms with Crippen LogP contribution in [0.2, 0.25) is 0 Å². The maximum Gasteiger partial charge on any atom is 0.339 e. The zero-order valence-electron chi connectivity index (χ0n) is 34.6. The number of carbonyl (C=O) groups is 3. The summed E-state index contributed by atoms with van der Waals surface area (Å²) in [6, 6.07) is 7.14. The number of nitrogen functional groups attached to an aromatic ring is 1. The number of esters is 1. The van der Waals surface area contributed by atoms with E-state index in [0.29, 0.717) is 58.6 Å². The Morgan fingerprint density at radius 1 is 1.18 bits per heavy atom. The van der Waals surface area contributed by atoms with E-state index in [4.69, 9.17) is 19.6 Å². The van der Waals surface area contributed by atoms with Gasteiger partial charge in [0.2, 0.25) is 5.91 Å². The number of nitrogens with one attached hydrogen (secondary N) is 1. The minimum absolute atomic E-state index is 0.0117. The fourth-order valence-electron chi connectivity index (χ4n) is 10.6. The second-order valence-corrected chi connectivity index (χ2v) is 19.9. The molecule has 0 bridgehead atoms. The van der Waals surface area contributed by atoms with Crippen LogP contribution < -0.4 is 21.4 Å². The molecule has 9 atom stereocenters. The Kier molecular flexibility index (Phi) is 12.5. The first-order valence-electron chi connectivity index (χ1n) is 21.0. The lowest BCUT2D eigenvalue weighted by Gasteiger charge is -2.58. The van der Waals surface area contributed by atoms with Crippen LogP contribution in [-0.4, -0.2) is 111 Å². The maximum atomic E-state index is 14.5. The molecule has 6 N–H and O–H groups in total. The van der Waals surface area contributed by atoms with Crippen LogP contribution in [0.15, 0.2) is 63.0 Å². The predicted molar refractivity (Wildman–Crippen MR) is 233 cm³/mol. The summed E-state index contributed by atoms with van der Waals surface area (Å²) in [5, 5.41) is 33.3. The third-order valence-corrected chi connectivity index (χ3v) is 16.6. The van der Waals surface area contributed by atoms with Crippen LogP contribution in [0.1, 0.15) is 67.7 Å². The Bertz CT molecular complexity index is 2340. The molecule has 3 aromatic rings. The van der Waals surface area contributed by atoms with E-state index in [1.165, 1.54) is 0 Å². The van der Waals surface area contributed by atoms with Gasteiger partial charge in [-0.15, -0.1) is 0 Å². The number of hydrogen-bond acceptors (Lipinski definition) is 15. The number of hydrogen-bond donors (Lipinski definition) is 5. The molecule has 14 nitrogen and oxygen atoms in total. The molecular formula is C45H54N4O10S2. The van der Waals surface area contributed by atoms with Crippen molar-refractivity contribution in [1.82, 2.24) is 15.2 Å². The largest absolute Gasteiger partial charge is 0.481 e. The van der Waals surface area contributed by atoms with E-state index < -0.39 is 28.7 Å². The second-order valence-electron chi connectivity index (χ2n) is 17.2. The minimum atomic E-state index is -1.33. The van der Waals surface area contributed by atoms with E-state index >= 15 is 0 Å². The van der Waals surface area contributed by atoms with Gasteiger partial charge in [-0.2, -0.15) is 0 Å². The van der Waals surface area contributed by atoms with Crippen LogP contribution in [0.4, 0.5) is 5.82 Å². The summed E-state index contributed by atoms with van der Waals surface area (Å²) in [4.78, 5) is 60.6. The number of aldehydes is 1. The molecule has 1 saturated carbocycles. The van der Waals surface area contributed by atoms with Crippen molar-refractivity contribution in [2.24, 2.45) is 17.8 Å². The van der Waals surface area contributed by atoms with Gasteiger partial charge in [0.25, 0.3) is 0 Å². The summed E-state index contributed by atoms with van der Waals surface area (Å²) in [7, 11) is 5.27.